The van der Waals surface area contributed by atoms with Crippen LogP contribution in [0, 0.1) is 0 Å². The number of hydrogen-bond acceptors (Lipinski definition) is 7. The summed E-state index contributed by atoms with van der Waals surface area (Å²) in [5.41, 5.74) is 2.82. The van der Waals surface area contributed by atoms with E-state index in [9.17, 15) is 14.4 Å². The molecule has 2 unspecified atom stereocenters. The van der Waals surface area contributed by atoms with Gasteiger partial charge in [-0.25, -0.2) is 9.79 Å². The number of nitrogens with zero attached hydrogens (tertiary/aromatic N) is 5. The minimum absolute atomic E-state index is 0.0226. The molecule has 0 N–H and O–H groups in total. The molecule has 29 heavy (non-hydrogen) atoms. The number of ether oxygens (including phenoxy) is 1. The van der Waals surface area contributed by atoms with Crippen molar-refractivity contribution in [1.29, 1.82) is 0 Å². The summed E-state index contributed by atoms with van der Waals surface area (Å²) in [6.45, 7) is 3.90. The highest BCUT2D eigenvalue weighted by Crippen LogP contribution is 2.39. The lowest BCUT2D eigenvalue weighted by Crippen LogP contribution is -2.64. The quantitative estimate of drug-likeness (QED) is 0.717. The molecular weight excluding hydrogens is 374 g/mol. The molecule has 1 aromatic carbocycles. The highest BCUT2D eigenvalue weighted by Gasteiger charge is 2.55. The Balaban J connectivity index is 1.69. The maximum absolute atomic E-state index is 13.3. The standard InChI is InChI=1S/C20H23N5O4/c1-12-13(2)25-16-17(21-19(25)24(12)14-8-6-5-7-9-14)22(3)20(28)23(18(16)27)11-10-15(26)29-4/h5-9,16-17H,10-11H2,1-4H3. The number of carbonyl (C=O) groups excluding carboxylic acids is 3. The lowest BCUT2D eigenvalue weighted by atomic mass is 10.1. The van der Waals surface area contributed by atoms with Crippen molar-refractivity contribution in [2.45, 2.75) is 32.5 Å². The van der Waals surface area contributed by atoms with Crippen LogP contribution in [0.4, 0.5) is 10.5 Å². The van der Waals surface area contributed by atoms with Crippen molar-refractivity contribution in [2.75, 3.05) is 25.6 Å². The predicted molar refractivity (Wildman–Crippen MR) is 106 cm³/mol. The van der Waals surface area contributed by atoms with E-state index >= 15 is 0 Å². The molecule has 1 saturated heterocycles. The second-order valence-corrected chi connectivity index (χ2v) is 7.21. The van der Waals surface area contributed by atoms with Gasteiger partial charge in [-0.1, -0.05) is 18.2 Å². The van der Waals surface area contributed by atoms with Crippen LogP contribution in [0.1, 0.15) is 20.3 Å². The number of fused-ring (bicyclic) bond motifs is 3. The Kier molecular flexibility index (Phi) is 4.52. The van der Waals surface area contributed by atoms with E-state index in [1.54, 1.807) is 7.05 Å². The van der Waals surface area contributed by atoms with Gasteiger partial charge in [0.1, 0.15) is 0 Å². The fourth-order valence-electron chi connectivity index (χ4n) is 4.01. The fraction of sp³-hybridized carbons (Fsp3) is 0.400. The smallest absolute Gasteiger partial charge is 0.328 e. The van der Waals surface area contributed by atoms with Crippen LogP contribution >= 0.6 is 0 Å². The van der Waals surface area contributed by atoms with E-state index in [1.165, 1.54) is 12.0 Å². The zero-order valence-corrected chi connectivity index (χ0v) is 16.8. The molecule has 3 aliphatic heterocycles. The van der Waals surface area contributed by atoms with Crippen LogP contribution in [-0.4, -0.2) is 71.5 Å². The Morgan fingerprint density at radius 2 is 1.83 bits per heavy atom. The van der Waals surface area contributed by atoms with Crippen LogP contribution in [0.2, 0.25) is 0 Å². The Labute approximate surface area is 168 Å². The number of carbonyl (C=O) groups is 3. The molecule has 0 aliphatic carbocycles. The monoisotopic (exact) mass is 397 g/mol. The molecule has 4 rings (SSSR count). The van der Waals surface area contributed by atoms with E-state index in [0.717, 1.165) is 22.0 Å². The summed E-state index contributed by atoms with van der Waals surface area (Å²) in [6.07, 6.45) is -0.662. The molecule has 152 valence electrons. The molecule has 1 fully saturated rings. The van der Waals surface area contributed by atoms with Gasteiger partial charge in [0.05, 0.1) is 13.5 Å². The molecule has 0 bridgehead atoms. The number of para-hydroxylation sites is 1. The van der Waals surface area contributed by atoms with Crippen molar-refractivity contribution in [2.24, 2.45) is 4.99 Å². The molecule has 0 spiro atoms. The molecule has 3 aliphatic rings. The summed E-state index contributed by atoms with van der Waals surface area (Å²) in [5.74, 6) is -0.200. The highest BCUT2D eigenvalue weighted by atomic mass is 16.5. The molecule has 2 atom stereocenters. The highest BCUT2D eigenvalue weighted by molar-refractivity contribution is 6.10. The van der Waals surface area contributed by atoms with Crippen LogP contribution in [0.3, 0.4) is 0 Å². The number of guanidine groups is 1. The van der Waals surface area contributed by atoms with Crippen molar-refractivity contribution < 1.29 is 19.1 Å². The van der Waals surface area contributed by atoms with Crippen molar-refractivity contribution >= 4 is 29.6 Å². The van der Waals surface area contributed by atoms with Crippen LogP contribution in [0.5, 0.6) is 0 Å². The SMILES string of the molecule is COC(=O)CCN1C(=O)C2C(N=C3N(c4ccccc4)C(C)=C(C)N32)N(C)C1=O. The molecule has 0 aromatic heterocycles. The lowest BCUT2D eigenvalue weighted by molar-refractivity contribution is -0.142. The number of aliphatic imine (C=N–C) groups is 1. The van der Waals surface area contributed by atoms with Gasteiger partial charge in [0, 0.05) is 30.7 Å². The summed E-state index contributed by atoms with van der Waals surface area (Å²) in [5, 5.41) is 0. The number of rotatable bonds is 4. The predicted octanol–water partition coefficient (Wildman–Crippen LogP) is 1.58. The Morgan fingerprint density at radius 3 is 2.48 bits per heavy atom. The molecule has 0 radical (unpaired) electrons. The maximum atomic E-state index is 13.3. The minimum Gasteiger partial charge on any atom is -0.469 e. The van der Waals surface area contributed by atoms with E-state index in [-0.39, 0.29) is 18.9 Å². The van der Waals surface area contributed by atoms with Gasteiger partial charge < -0.3 is 9.64 Å². The number of esters is 1. The molecule has 9 heteroatoms. The van der Waals surface area contributed by atoms with Crippen LogP contribution in [-0.2, 0) is 14.3 Å². The Morgan fingerprint density at radius 1 is 1.14 bits per heavy atom. The van der Waals surface area contributed by atoms with E-state index in [4.69, 9.17) is 4.99 Å². The number of hydrogen-bond donors (Lipinski definition) is 0. The van der Waals surface area contributed by atoms with Gasteiger partial charge in [-0.2, -0.15) is 0 Å². The lowest BCUT2D eigenvalue weighted by Gasteiger charge is -2.40. The first kappa shape index (κ1) is 19.0. The summed E-state index contributed by atoms with van der Waals surface area (Å²) >= 11 is 0. The molecule has 1 aromatic rings. The molecule has 0 saturated carbocycles. The Bertz CT molecular complexity index is 941. The number of urea groups is 1. The van der Waals surface area contributed by atoms with Crippen molar-refractivity contribution in [3.8, 4) is 0 Å². The average molecular weight is 397 g/mol. The van der Waals surface area contributed by atoms with Crippen molar-refractivity contribution in [3.63, 3.8) is 0 Å². The third-order valence-electron chi connectivity index (χ3n) is 5.67. The van der Waals surface area contributed by atoms with E-state index in [2.05, 4.69) is 4.74 Å². The zero-order valence-electron chi connectivity index (χ0n) is 16.8. The summed E-state index contributed by atoms with van der Waals surface area (Å²) in [7, 11) is 2.91. The molecule has 3 heterocycles. The largest absolute Gasteiger partial charge is 0.469 e. The first-order valence-electron chi connectivity index (χ1n) is 9.41. The van der Waals surface area contributed by atoms with Crippen molar-refractivity contribution in [1.82, 2.24) is 14.7 Å². The first-order chi connectivity index (χ1) is 13.9. The molecule has 9 nitrogen and oxygen atoms in total. The third-order valence-corrected chi connectivity index (χ3v) is 5.67. The number of amides is 3. The summed E-state index contributed by atoms with van der Waals surface area (Å²) in [4.78, 5) is 48.8. The molecule has 3 amide bonds. The van der Waals surface area contributed by atoms with Crippen LogP contribution in [0.15, 0.2) is 46.7 Å². The third kappa shape index (κ3) is 2.76. The van der Waals surface area contributed by atoms with Gasteiger partial charge in [-0.3, -0.25) is 24.3 Å². The number of imide groups is 1. The number of methoxy groups -OCH3 is 1. The number of likely N-dealkylation sites (N-methyl/N-ethyl adjacent to an activating group) is 1. The van der Waals surface area contributed by atoms with E-state index < -0.39 is 24.2 Å². The van der Waals surface area contributed by atoms with Gasteiger partial charge in [-0.05, 0) is 26.0 Å². The van der Waals surface area contributed by atoms with Gasteiger partial charge in [0.15, 0.2) is 12.2 Å². The van der Waals surface area contributed by atoms with Crippen LogP contribution < -0.4 is 4.90 Å². The zero-order chi connectivity index (χ0) is 20.9. The fourth-order valence-corrected chi connectivity index (χ4v) is 4.01. The Hall–Kier alpha value is -3.36. The number of allylic oxidation sites excluding steroid dienone is 2. The van der Waals surface area contributed by atoms with Gasteiger partial charge in [0.25, 0.3) is 5.91 Å². The number of anilines is 1. The second-order valence-electron chi connectivity index (χ2n) is 7.21. The van der Waals surface area contributed by atoms with Crippen molar-refractivity contribution in [3.05, 3.63) is 41.7 Å². The van der Waals surface area contributed by atoms with Crippen LogP contribution in [0.25, 0.3) is 0 Å². The first-order valence-corrected chi connectivity index (χ1v) is 9.41. The topological polar surface area (TPSA) is 85.8 Å². The summed E-state index contributed by atoms with van der Waals surface area (Å²) < 4.78 is 4.64. The van der Waals surface area contributed by atoms with Gasteiger partial charge in [0.2, 0.25) is 5.96 Å². The number of benzene rings is 1. The van der Waals surface area contributed by atoms with Gasteiger partial charge in [-0.15, -0.1) is 0 Å². The average Bonchev–Trinajstić information content (AvgIpc) is 3.22. The minimum atomic E-state index is -0.658. The second kappa shape index (κ2) is 6.91. The van der Waals surface area contributed by atoms with Gasteiger partial charge >= 0.3 is 12.0 Å². The maximum Gasteiger partial charge on any atom is 0.328 e. The normalized spacial score (nSPS) is 23.5. The summed E-state index contributed by atoms with van der Waals surface area (Å²) in [6, 6.07) is 8.66. The van der Waals surface area contributed by atoms with E-state index in [1.807, 2.05) is 54.0 Å². The van der Waals surface area contributed by atoms with E-state index in [0.29, 0.717) is 5.96 Å². The molecular formula is C20H23N5O4.